The van der Waals surface area contributed by atoms with E-state index in [4.69, 9.17) is 0 Å². The van der Waals surface area contributed by atoms with E-state index in [1.54, 1.807) is 0 Å². The summed E-state index contributed by atoms with van der Waals surface area (Å²) in [6.07, 6.45) is 0. The van der Waals surface area contributed by atoms with Gasteiger partial charge in [0.25, 0.3) is 0 Å². The second kappa shape index (κ2) is 4.85. The van der Waals surface area contributed by atoms with Crippen LogP contribution in [-0.2, 0) is 11.4 Å². The zero-order valence-corrected chi connectivity index (χ0v) is 14.2. The van der Waals surface area contributed by atoms with Gasteiger partial charge in [-0.15, -0.1) is 4.72 Å². The molecule has 0 saturated heterocycles. The van der Waals surface area contributed by atoms with Crippen LogP contribution in [-0.4, -0.2) is 4.55 Å². The van der Waals surface area contributed by atoms with Gasteiger partial charge in [0.2, 0.25) is 0 Å². The molecule has 0 spiro atoms. The summed E-state index contributed by atoms with van der Waals surface area (Å²) >= 11 is -1.09. The van der Waals surface area contributed by atoms with Crippen molar-refractivity contribution in [2.75, 3.05) is 0 Å². The van der Waals surface area contributed by atoms with Crippen LogP contribution in [0.1, 0.15) is 33.5 Å². The Kier molecular flexibility index (Phi) is 2.70. The molecule has 1 atom stereocenters. The highest BCUT2D eigenvalue weighted by molar-refractivity contribution is 7.90. The third-order valence-corrected chi connectivity index (χ3v) is 6.94. The van der Waals surface area contributed by atoms with Crippen molar-refractivity contribution >= 4 is 32.9 Å². The zero-order chi connectivity index (χ0) is 16.5. The summed E-state index contributed by atoms with van der Waals surface area (Å²) in [5, 5.41) is 4.82. The third-order valence-electron chi connectivity index (χ3n) is 5.54. The van der Waals surface area contributed by atoms with Gasteiger partial charge in [-0.3, -0.25) is 0 Å². The van der Waals surface area contributed by atoms with Gasteiger partial charge in [-0.1, -0.05) is 48.5 Å². The Morgan fingerprint density at radius 2 is 1.04 bits per heavy atom. The van der Waals surface area contributed by atoms with Gasteiger partial charge < -0.3 is 4.55 Å². The van der Waals surface area contributed by atoms with Crippen LogP contribution in [0.2, 0.25) is 0 Å². The first-order valence-corrected chi connectivity index (χ1v) is 9.73. The van der Waals surface area contributed by atoms with Gasteiger partial charge in [0, 0.05) is 11.1 Å². The summed E-state index contributed by atoms with van der Waals surface area (Å²) in [5.74, 6) is 0. The van der Waals surface area contributed by atoms with Crippen LogP contribution in [0.3, 0.4) is 0 Å². The van der Waals surface area contributed by atoms with Crippen LogP contribution in [0.25, 0.3) is 21.5 Å². The van der Waals surface area contributed by atoms with Crippen molar-refractivity contribution in [1.82, 2.24) is 4.72 Å². The molecule has 0 aromatic heterocycles. The molecular formula is C22H15NOS. The van der Waals surface area contributed by atoms with E-state index >= 15 is 0 Å². The van der Waals surface area contributed by atoms with Gasteiger partial charge in [0.15, 0.2) is 5.25 Å². The predicted molar refractivity (Wildman–Crippen MR) is 103 cm³/mol. The summed E-state index contributed by atoms with van der Waals surface area (Å²) in [6.45, 7) is 0. The lowest BCUT2D eigenvalue weighted by molar-refractivity contribution is 0.542. The van der Waals surface area contributed by atoms with Gasteiger partial charge in [-0.05, 0) is 56.9 Å². The molecule has 120 valence electrons. The van der Waals surface area contributed by atoms with Gasteiger partial charge in [0.1, 0.15) is 6.04 Å². The Hall–Kier alpha value is -2.33. The van der Waals surface area contributed by atoms with Gasteiger partial charge in [-0.2, -0.15) is 0 Å². The second-order valence-electron chi connectivity index (χ2n) is 6.88. The molecule has 7 rings (SSSR count). The summed E-state index contributed by atoms with van der Waals surface area (Å²) in [6, 6.07) is 25.8. The Balaban J connectivity index is 1.68. The lowest BCUT2D eigenvalue weighted by atomic mass is 9.80. The van der Waals surface area contributed by atoms with Crippen molar-refractivity contribution in [2.24, 2.45) is 0 Å². The minimum absolute atomic E-state index is 0.00467. The minimum atomic E-state index is -1.09. The van der Waals surface area contributed by atoms with Crippen LogP contribution in [0.15, 0.2) is 72.8 Å². The molecular weight excluding hydrogens is 326 g/mol. The smallest absolute Gasteiger partial charge is 0.186 e. The molecule has 1 aliphatic carbocycles. The van der Waals surface area contributed by atoms with Crippen molar-refractivity contribution in [1.29, 1.82) is 0 Å². The minimum Gasteiger partial charge on any atom is -0.597 e. The van der Waals surface area contributed by atoms with Gasteiger partial charge in [0.05, 0.1) is 11.4 Å². The number of hydrogen-bond acceptors (Lipinski definition) is 2. The molecule has 4 aromatic rings. The lowest BCUT2D eigenvalue weighted by Gasteiger charge is -2.41. The molecule has 25 heavy (non-hydrogen) atoms. The van der Waals surface area contributed by atoms with Crippen molar-refractivity contribution in [3.8, 4) is 0 Å². The van der Waals surface area contributed by atoms with Crippen molar-refractivity contribution in [3.63, 3.8) is 0 Å². The summed E-state index contributed by atoms with van der Waals surface area (Å²) < 4.78 is 16.2. The number of benzene rings is 4. The fraction of sp³-hybridized carbons (Fsp3) is 0.0909. The Labute approximate surface area is 148 Å². The maximum atomic E-state index is 12.9. The quantitative estimate of drug-likeness (QED) is 0.468. The highest BCUT2D eigenvalue weighted by atomic mass is 32.2. The number of fused-ring (bicyclic) bond motifs is 3. The van der Waals surface area contributed by atoms with E-state index in [1.165, 1.54) is 43.8 Å². The second-order valence-corrected chi connectivity index (χ2v) is 8.19. The van der Waals surface area contributed by atoms with E-state index < -0.39 is 11.4 Å². The van der Waals surface area contributed by atoms with Crippen molar-refractivity contribution in [3.05, 3.63) is 95.1 Å². The van der Waals surface area contributed by atoms with E-state index in [2.05, 4.69) is 77.5 Å². The van der Waals surface area contributed by atoms with E-state index in [0.29, 0.717) is 0 Å². The maximum Gasteiger partial charge on any atom is 0.186 e. The fourth-order valence-electron chi connectivity index (χ4n) is 4.38. The van der Waals surface area contributed by atoms with E-state index in [1.807, 2.05) is 0 Å². The lowest BCUT2D eigenvalue weighted by Crippen LogP contribution is -2.44. The first-order chi connectivity index (χ1) is 12.3. The number of hydrogen-bond donors (Lipinski definition) is 1. The summed E-state index contributed by atoms with van der Waals surface area (Å²) in [7, 11) is 0. The number of nitrogens with one attached hydrogen (secondary N) is 1. The van der Waals surface area contributed by atoms with Gasteiger partial charge >= 0.3 is 0 Å². The number of rotatable bonds is 0. The Morgan fingerprint density at radius 3 is 1.48 bits per heavy atom. The molecule has 3 aliphatic rings. The molecule has 1 N–H and O–H groups in total. The summed E-state index contributed by atoms with van der Waals surface area (Å²) in [5.41, 5.74) is 4.96. The normalized spacial score (nSPS) is 23.6. The highest BCUT2D eigenvalue weighted by Gasteiger charge is 2.46. The van der Waals surface area contributed by atoms with E-state index in [-0.39, 0.29) is 11.3 Å². The molecule has 0 radical (unpaired) electrons. The molecule has 1 unspecified atom stereocenters. The highest BCUT2D eigenvalue weighted by Crippen LogP contribution is 2.51. The standard InChI is InChI=1S/C22H15NOS/c24-25-22-19-11-15-7-3-1-5-13(15)9-17(19)21(23-25)18-10-14-6-2-4-8-16(14)12-20(18)22/h1-12,21-23H. The molecule has 0 fully saturated rings. The van der Waals surface area contributed by atoms with Crippen LogP contribution >= 0.6 is 0 Å². The summed E-state index contributed by atoms with van der Waals surface area (Å²) in [4.78, 5) is 0. The molecule has 2 aliphatic heterocycles. The maximum absolute atomic E-state index is 12.9. The van der Waals surface area contributed by atoms with Crippen LogP contribution in [0.5, 0.6) is 0 Å². The van der Waals surface area contributed by atoms with Crippen LogP contribution in [0.4, 0.5) is 0 Å². The molecule has 2 nitrogen and oxygen atoms in total. The van der Waals surface area contributed by atoms with E-state index in [9.17, 15) is 4.55 Å². The monoisotopic (exact) mass is 341 g/mol. The average Bonchev–Trinajstić information content (AvgIpc) is 2.65. The van der Waals surface area contributed by atoms with E-state index in [0.717, 1.165) is 0 Å². The Bertz CT molecular complexity index is 1080. The molecule has 4 aromatic carbocycles. The third kappa shape index (κ3) is 1.83. The average molecular weight is 341 g/mol. The first kappa shape index (κ1) is 13.9. The molecule has 0 amide bonds. The molecule has 2 heterocycles. The molecule has 0 saturated carbocycles. The zero-order valence-electron chi connectivity index (χ0n) is 13.4. The topological polar surface area (TPSA) is 35.1 Å². The first-order valence-electron chi connectivity index (χ1n) is 8.51. The largest absolute Gasteiger partial charge is 0.597 e. The molecule has 2 bridgehead atoms. The van der Waals surface area contributed by atoms with Crippen LogP contribution < -0.4 is 4.72 Å². The van der Waals surface area contributed by atoms with Crippen molar-refractivity contribution in [2.45, 2.75) is 11.3 Å². The fourth-order valence-corrected chi connectivity index (χ4v) is 5.87. The molecule has 3 heteroatoms. The van der Waals surface area contributed by atoms with Crippen molar-refractivity contribution < 1.29 is 4.55 Å². The van der Waals surface area contributed by atoms with Gasteiger partial charge in [-0.25, -0.2) is 0 Å². The Morgan fingerprint density at radius 1 is 0.640 bits per heavy atom. The predicted octanol–water partition coefficient (Wildman–Crippen LogP) is 4.75. The SMILES string of the molecule is [O-][S+]1NC2c3cc4ccccc4cc3C1c1cc3ccccc3cc12. The van der Waals surface area contributed by atoms with Crippen LogP contribution in [0, 0.1) is 0 Å².